The Kier molecular flexibility index (Phi) is 7.48. The largest absolute Gasteiger partial charge is 0.508 e. The Balaban J connectivity index is 1.35. The lowest BCUT2D eigenvalue weighted by atomic mass is 9.91. The summed E-state index contributed by atoms with van der Waals surface area (Å²) in [5.74, 6) is -2.30. The van der Waals surface area contributed by atoms with E-state index in [2.05, 4.69) is 10.3 Å². The fourth-order valence-electron chi connectivity index (χ4n) is 8.84. The van der Waals surface area contributed by atoms with Crippen molar-refractivity contribution in [2.24, 2.45) is 0 Å². The molecule has 0 spiro atoms. The lowest BCUT2D eigenvalue weighted by Gasteiger charge is -2.37. The van der Waals surface area contributed by atoms with Crippen molar-refractivity contribution in [3.63, 3.8) is 0 Å². The first kappa shape index (κ1) is 31.5. The van der Waals surface area contributed by atoms with Gasteiger partial charge in [0.15, 0.2) is 5.82 Å². The van der Waals surface area contributed by atoms with Crippen molar-refractivity contribution in [2.45, 2.75) is 75.4 Å². The zero-order valence-electron chi connectivity index (χ0n) is 26.4. The van der Waals surface area contributed by atoms with Gasteiger partial charge in [-0.3, -0.25) is 4.90 Å². The van der Waals surface area contributed by atoms with E-state index < -0.39 is 41.0 Å². The van der Waals surface area contributed by atoms with Crippen molar-refractivity contribution in [1.29, 1.82) is 0 Å². The van der Waals surface area contributed by atoms with Crippen molar-refractivity contribution in [1.82, 2.24) is 15.2 Å². The maximum Gasteiger partial charge on any atom is 0.423 e. The Morgan fingerprint density at radius 3 is 2.54 bits per heavy atom. The van der Waals surface area contributed by atoms with Crippen LogP contribution in [0.3, 0.4) is 0 Å². The van der Waals surface area contributed by atoms with E-state index in [1.54, 1.807) is 11.8 Å². The fourth-order valence-corrected chi connectivity index (χ4v) is 8.84. The number of hydrogen-bond acceptors (Lipinski definition) is 6. The molecule has 0 saturated carbocycles. The third-order valence-electron chi connectivity index (χ3n) is 10.9. The number of pyridine rings is 1. The minimum atomic E-state index is -4.90. The van der Waals surface area contributed by atoms with Gasteiger partial charge >= 0.3 is 6.18 Å². The molecule has 0 radical (unpaired) electrons. The maximum absolute atomic E-state index is 17.0. The summed E-state index contributed by atoms with van der Waals surface area (Å²) in [5.41, 5.74) is -1.85. The second-order valence-electron chi connectivity index (χ2n) is 13.8. The molecule has 2 N–H and O–H groups in total. The highest BCUT2D eigenvalue weighted by molar-refractivity contribution is 6.04. The van der Waals surface area contributed by atoms with E-state index >= 15 is 22.0 Å². The number of aromatic hydroxyl groups is 1. The van der Waals surface area contributed by atoms with E-state index in [1.165, 1.54) is 36.4 Å². The lowest BCUT2D eigenvalue weighted by Crippen LogP contribution is -2.51. The highest BCUT2D eigenvalue weighted by atomic mass is 19.4. The van der Waals surface area contributed by atoms with Gasteiger partial charge in [0.05, 0.1) is 11.2 Å². The van der Waals surface area contributed by atoms with Gasteiger partial charge in [0.1, 0.15) is 35.4 Å². The standard InChI is InChI=1S/C36H36F6N4O2/c1-2-24-28(38)9-4-19-12-23(47)13-27(29(19)24)25-7-8-26-32(31(25)39)44-34(48-18-35-10-3-11-46(35)15-20(37)14-35)30(36(40,41)42)33(26)45-16-21-5-6-22(17-45)43-21/h4,7-9,12-13,20-22,43,47H,2-3,5-6,10-11,14-18H2,1H3/t20-,21-,22+,35+/m1/s1. The van der Waals surface area contributed by atoms with Crippen LogP contribution < -0.4 is 15.0 Å². The molecule has 4 aliphatic rings. The minimum Gasteiger partial charge on any atom is -0.508 e. The number of phenols is 1. The van der Waals surface area contributed by atoms with E-state index in [-0.39, 0.29) is 71.5 Å². The molecule has 4 saturated heterocycles. The summed E-state index contributed by atoms with van der Waals surface area (Å²) in [6.07, 6.45) is -2.58. The molecule has 12 heteroatoms. The van der Waals surface area contributed by atoms with E-state index in [0.29, 0.717) is 42.4 Å². The molecular formula is C36H36F6N4O2. The van der Waals surface area contributed by atoms with Crippen LogP contribution >= 0.6 is 0 Å². The topological polar surface area (TPSA) is 60.9 Å². The molecule has 0 amide bonds. The van der Waals surface area contributed by atoms with Crippen LogP contribution in [-0.4, -0.2) is 71.6 Å². The van der Waals surface area contributed by atoms with Gasteiger partial charge in [-0.1, -0.05) is 19.1 Å². The summed E-state index contributed by atoms with van der Waals surface area (Å²) in [6.45, 7) is 2.97. The number of benzene rings is 3. The van der Waals surface area contributed by atoms with Gasteiger partial charge in [0, 0.05) is 49.1 Å². The monoisotopic (exact) mass is 670 g/mol. The second-order valence-corrected chi connectivity index (χ2v) is 13.8. The fraction of sp³-hybridized carbons (Fsp3) is 0.472. The summed E-state index contributed by atoms with van der Waals surface area (Å²) in [5, 5.41) is 14.9. The molecule has 4 aliphatic heterocycles. The van der Waals surface area contributed by atoms with Gasteiger partial charge in [-0.15, -0.1) is 0 Å². The molecular weight excluding hydrogens is 634 g/mol. The van der Waals surface area contributed by atoms with Crippen LogP contribution in [0.25, 0.3) is 32.8 Å². The number of nitrogens with one attached hydrogen (secondary N) is 1. The molecule has 48 heavy (non-hydrogen) atoms. The number of fused-ring (bicyclic) bond motifs is 5. The number of aromatic nitrogens is 1. The Labute approximate surface area is 273 Å². The number of ether oxygens (including phenoxy) is 1. The molecule has 0 aliphatic carbocycles. The third-order valence-corrected chi connectivity index (χ3v) is 10.9. The quantitative estimate of drug-likeness (QED) is 0.207. The van der Waals surface area contributed by atoms with Gasteiger partial charge in [-0.05, 0) is 84.8 Å². The Morgan fingerprint density at radius 2 is 1.81 bits per heavy atom. The summed E-state index contributed by atoms with van der Waals surface area (Å²) in [7, 11) is 0. The van der Waals surface area contributed by atoms with Gasteiger partial charge in [0.2, 0.25) is 5.88 Å². The lowest BCUT2D eigenvalue weighted by molar-refractivity contribution is -0.139. The second kappa shape index (κ2) is 11.4. The predicted molar refractivity (Wildman–Crippen MR) is 171 cm³/mol. The normalized spacial score (nSPS) is 25.8. The number of anilines is 1. The molecule has 2 bridgehead atoms. The third kappa shape index (κ3) is 5.05. The molecule has 5 heterocycles. The molecule has 3 aromatic carbocycles. The summed E-state index contributed by atoms with van der Waals surface area (Å²) in [4.78, 5) is 7.89. The van der Waals surface area contributed by atoms with Gasteiger partial charge in [0.25, 0.3) is 0 Å². The maximum atomic E-state index is 17.0. The van der Waals surface area contributed by atoms with Gasteiger partial charge < -0.3 is 20.1 Å². The van der Waals surface area contributed by atoms with E-state index in [1.807, 2.05) is 4.90 Å². The first-order valence-corrected chi connectivity index (χ1v) is 16.7. The zero-order valence-corrected chi connectivity index (χ0v) is 26.4. The SMILES string of the molecule is CCc1c(F)ccc2cc(O)cc(-c3ccc4c(N5C[C@H]6CC[C@@H](C5)N6)c(C(F)(F)F)c(OC[C@@]56CCCN5C[C@H](F)C6)nc4c3F)c12. The van der Waals surface area contributed by atoms with Crippen LogP contribution in [0.4, 0.5) is 32.0 Å². The number of phenolic OH excluding ortho intramolecular Hbond substituents is 1. The van der Waals surface area contributed by atoms with Crippen molar-refractivity contribution >= 4 is 27.4 Å². The molecule has 4 aromatic rings. The highest BCUT2D eigenvalue weighted by Gasteiger charge is 2.50. The summed E-state index contributed by atoms with van der Waals surface area (Å²) < 4.78 is 98.3. The van der Waals surface area contributed by atoms with Crippen molar-refractivity contribution in [3.8, 4) is 22.8 Å². The number of nitrogens with zero attached hydrogens (tertiary/aromatic N) is 3. The number of piperazine rings is 1. The van der Waals surface area contributed by atoms with Crippen LogP contribution in [0.5, 0.6) is 11.6 Å². The minimum absolute atomic E-state index is 0.0195. The smallest absolute Gasteiger partial charge is 0.423 e. The van der Waals surface area contributed by atoms with Crippen LogP contribution in [0, 0.1) is 11.6 Å². The first-order chi connectivity index (χ1) is 23.0. The summed E-state index contributed by atoms with van der Waals surface area (Å²) in [6, 6.07) is 8.36. The van der Waals surface area contributed by atoms with Crippen LogP contribution in [-0.2, 0) is 12.6 Å². The molecule has 4 fully saturated rings. The highest BCUT2D eigenvalue weighted by Crippen LogP contribution is 2.49. The van der Waals surface area contributed by atoms with Crippen molar-refractivity contribution < 1.29 is 36.2 Å². The molecule has 254 valence electrons. The predicted octanol–water partition coefficient (Wildman–Crippen LogP) is 7.52. The van der Waals surface area contributed by atoms with Crippen molar-refractivity contribution in [2.75, 3.05) is 37.7 Å². The number of hydrogen-bond donors (Lipinski definition) is 2. The Hall–Kier alpha value is -3.77. The summed E-state index contributed by atoms with van der Waals surface area (Å²) >= 11 is 0. The average molecular weight is 671 g/mol. The van der Waals surface area contributed by atoms with E-state index in [9.17, 15) is 9.50 Å². The molecule has 6 nitrogen and oxygen atoms in total. The van der Waals surface area contributed by atoms with Crippen LogP contribution in [0.15, 0.2) is 36.4 Å². The number of aryl methyl sites for hydroxylation is 1. The number of halogens is 6. The van der Waals surface area contributed by atoms with Gasteiger partial charge in [-0.25, -0.2) is 18.2 Å². The molecule has 0 unspecified atom stereocenters. The van der Waals surface area contributed by atoms with Crippen molar-refractivity contribution in [3.05, 3.63) is 59.2 Å². The molecule has 4 atom stereocenters. The first-order valence-electron chi connectivity index (χ1n) is 16.7. The average Bonchev–Trinajstić information content (AvgIpc) is 3.69. The zero-order chi connectivity index (χ0) is 33.5. The molecule has 1 aromatic heterocycles. The Bertz CT molecular complexity index is 1920. The molecule has 8 rings (SSSR count). The van der Waals surface area contributed by atoms with Crippen LogP contribution in [0.2, 0.25) is 0 Å². The number of alkyl halides is 4. The Morgan fingerprint density at radius 1 is 1.04 bits per heavy atom. The van der Waals surface area contributed by atoms with Crippen LogP contribution in [0.1, 0.15) is 50.2 Å². The van der Waals surface area contributed by atoms with Gasteiger partial charge in [-0.2, -0.15) is 13.2 Å². The van der Waals surface area contributed by atoms with E-state index in [4.69, 9.17) is 4.74 Å². The number of rotatable bonds is 6. The van der Waals surface area contributed by atoms with E-state index in [0.717, 1.165) is 19.3 Å².